The van der Waals surface area contributed by atoms with E-state index in [9.17, 15) is 9.90 Å². The van der Waals surface area contributed by atoms with Crippen LogP contribution in [-0.4, -0.2) is 41.0 Å². The number of carbonyl (C=O) groups is 1. The number of piperidine rings is 1. The van der Waals surface area contributed by atoms with E-state index in [1.54, 1.807) is 0 Å². The largest absolute Gasteiger partial charge is 0.389 e. The SMILES string of the molecule is CCC1CN(CC(C)(O)CC)CCC1=O. The first-order valence-electron chi connectivity index (χ1n) is 5.96. The average molecular weight is 213 g/mol. The zero-order valence-electron chi connectivity index (χ0n) is 10.1. The highest BCUT2D eigenvalue weighted by Gasteiger charge is 2.29. The Labute approximate surface area is 92.5 Å². The molecule has 0 spiro atoms. The van der Waals surface area contributed by atoms with Gasteiger partial charge in [-0.3, -0.25) is 9.69 Å². The van der Waals surface area contributed by atoms with Crippen molar-refractivity contribution in [2.24, 2.45) is 5.92 Å². The van der Waals surface area contributed by atoms with Crippen molar-refractivity contribution in [2.75, 3.05) is 19.6 Å². The molecular formula is C12H23NO2. The van der Waals surface area contributed by atoms with E-state index in [0.717, 1.165) is 25.9 Å². The summed E-state index contributed by atoms with van der Waals surface area (Å²) in [4.78, 5) is 13.7. The molecule has 0 amide bonds. The highest BCUT2D eigenvalue weighted by Crippen LogP contribution is 2.19. The number of β-amino-alcohol motifs (C(OH)–C–C–N with tert-alkyl or cyclic N) is 1. The Balaban J connectivity index is 2.48. The van der Waals surface area contributed by atoms with Crippen molar-refractivity contribution in [1.82, 2.24) is 4.90 Å². The van der Waals surface area contributed by atoms with Gasteiger partial charge in [0.05, 0.1) is 5.60 Å². The van der Waals surface area contributed by atoms with Crippen LogP contribution in [0.4, 0.5) is 0 Å². The first-order valence-corrected chi connectivity index (χ1v) is 5.96. The van der Waals surface area contributed by atoms with Gasteiger partial charge in [-0.1, -0.05) is 13.8 Å². The minimum atomic E-state index is -0.612. The van der Waals surface area contributed by atoms with Crippen molar-refractivity contribution in [3.8, 4) is 0 Å². The molecule has 0 aromatic carbocycles. The molecule has 2 atom stereocenters. The molecule has 1 saturated heterocycles. The molecule has 1 heterocycles. The molecule has 2 unspecified atom stereocenters. The van der Waals surface area contributed by atoms with Crippen LogP contribution in [0.15, 0.2) is 0 Å². The molecule has 1 aliphatic heterocycles. The van der Waals surface area contributed by atoms with Crippen molar-refractivity contribution < 1.29 is 9.90 Å². The summed E-state index contributed by atoms with van der Waals surface area (Å²) in [5, 5.41) is 9.97. The van der Waals surface area contributed by atoms with Crippen LogP contribution in [0.25, 0.3) is 0 Å². The summed E-state index contributed by atoms with van der Waals surface area (Å²) in [5.41, 5.74) is -0.612. The smallest absolute Gasteiger partial charge is 0.138 e. The van der Waals surface area contributed by atoms with Gasteiger partial charge in [0.25, 0.3) is 0 Å². The molecule has 1 aliphatic rings. The Bertz CT molecular complexity index is 226. The predicted molar refractivity (Wildman–Crippen MR) is 60.8 cm³/mol. The van der Waals surface area contributed by atoms with Gasteiger partial charge in [0.1, 0.15) is 5.78 Å². The number of hydrogen-bond acceptors (Lipinski definition) is 3. The Morgan fingerprint density at radius 1 is 1.53 bits per heavy atom. The van der Waals surface area contributed by atoms with Gasteiger partial charge in [0.2, 0.25) is 0 Å². The van der Waals surface area contributed by atoms with E-state index < -0.39 is 5.60 Å². The number of rotatable bonds is 4. The summed E-state index contributed by atoms with van der Waals surface area (Å²) in [6.07, 6.45) is 2.33. The van der Waals surface area contributed by atoms with E-state index in [2.05, 4.69) is 11.8 Å². The fourth-order valence-electron chi connectivity index (χ4n) is 2.07. The zero-order valence-corrected chi connectivity index (χ0v) is 10.1. The van der Waals surface area contributed by atoms with Gasteiger partial charge in [-0.05, 0) is 19.8 Å². The van der Waals surface area contributed by atoms with E-state index in [0.29, 0.717) is 18.7 Å². The zero-order chi connectivity index (χ0) is 11.5. The standard InChI is InChI=1S/C12H23NO2/c1-4-10-8-13(7-6-11(10)14)9-12(3,15)5-2/h10,15H,4-9H2,1-3H3. The fourth-order valence-corrected chi connectivity index (χ4v) is 2.07. The van der Waals surface area contributed by atoms with Crippen molar-refractivity contribution in [3.63, 3.8) is 0 Å². The Kier molecular flexibility index (Phi) is 4.29. The molecule has 88 valence electrons. The molecule has 0 aromatic rings. The Hall–Kier alpha value is -0.410. The molecule has 0 bridgehead atoms. The van der Waals surface area contributed by atoms with Gasteiger partial charge in [-0.15, -0.1) is 0 Å². The summed E-state index contributed by atoms with van der Waals surface area (Å²) in [6.45, 7) is 8.24. The number of likely N-dealkylation sites (tertiary alicyclic amines) is 1. The second-order valence-corrected chi connectivity index (χ2v) is 4.91. The number of Topliss-reactive ketones (excluding diaryl/α,β-unsaturated/α-hetero) is 1. The van der Waals surface area contributed by atoms with Gasteiger partial charge in [-0.2, -0.15) is 0 Å². The Morgan fingerprint density at radius 3 is 2.73 bits per heavy atom. The lowest BCUT2D eigenvalue weighted by Gasteiger charge is -2.36. The Morgan fingerprint density at radius 2 is 2.20 bits per heavy atom. The monoisotopic (exact) mass is 213 g/mol. The first kappa shape index (κ1) is 12.7. The van der Waals surface area contributed by atoms with Gasteiger partial charge in [-0.25, -0.2) is 0 Å². The third kappa shape index (κ3) is 3.58. The van der Waals surface area contributed by atoms with Crippen LogP contribution < -0.4 is 0 Å². The third-order valence-electron chi connectivity index (χ3n) is 3.43. The topological polar surface area (TPSA) is 40.5 Å². The second-order valence-electron chi connectivity index (χ2n) is 4.91. The lowest BCUT2D eigenvalue weighted by Crippen LogP contribution is -2.47. The number of nitrogens with zero attached hydrogens (tertiary/aromatic N) is 1. The summed E-state index contributed by atoms with van der Waals surface area (Å²) < 4.78 is 0. The van der Waals surface area contributed by atoms with E-state index >= 15 is 0 Å². The van der Waals surface area contributed by atoms with Gasteiger partial charge < -0.3 is 5.11 Å². The average Bonchev–Trinajstić information content (AvgIpc) is 2.20. The van der Waals surface area contributed by atoms with Crippen LogP contribution in [0, 0.1) is 5.92 Å². The fraction of sp³-hybridized carbons (Fsp3) is 0.917. The van der Waals surface area contributed by atoms with E-state index in [1.165, 1.54) is 0 Å². The van der Waals surface area contributed by atoms with Crippen LogP contribution in [0.3, 0.4) is 0 Å². The number of carbonyl (C=O) groups excluding carboxylic acids is 1. The maximum Gasteiger partial charge on any atom is 0.138 e. The highest BCUT2D eigenvalue weighted by molar-refractivity contribution is 5.82. The second kappa shape index (κ2) is 5.08. The van der Waals surface area contributed by atoms with Crippen LogP contribution in [0.5, 0.6) is 0 Å². The summed E-state index contributed by atoms with van der Waals surface area (Å²) in [5.74, 6) is 0.580. The molecule has 0 aliphatic carbocycles. The summed E-state index contributed by atoms with van der Waals surface area (Å²) in [6, 6.07) is 0. The molecule has 3 nitrogen and oxygen atoms in total. The summed E-state index contributed by atoms with van der Waals surface area (Å²) in [7, 11) is 0. The third-order valence-corrected chi connectivity index (χ3v) is 3.43. The van der Waals surface area contributed by atoms with Gasteiger partial charge in [0.15, 0.2) is 0 Å². The lowest BCUT2D eigenvalue weighted by atomic mass is 9.92. The lowest BCUT2D eigenvalue weighted by molar-refractivity contribution is -0.127. The maximum atomic E-state index is 11.5. The van der Waals surface area contributed by atoms with Crippen LogP contribution >= 0.6 is 0 Å². The van der Waals surface area contributed by atoms with Gasteiger partial charge in [0, 0.05) is 32.0 Å². The molecule has 1 fully saturated rings. The molecule has 3 heteroatoms. The van der Waals surface area contributed by atoms with Gasteiger partial charge >= 0.3 is 0 Å². The predicted octanol–water partition coefficient (Wildman–Crippen LogP) is 1.45. The van der Waals surface area contributed by atoms with E-state index in [1.807, 2.05) is 13.8 Å². The minimum absolute atomic E-state index is 0.186. The molecule has 0 radical (unpaired) electrons. The van der Waals surface area contributed by atoms with Crippen molar-refractivity contribution >= 4 is 5.78 Å². The molecule has 1 rings (SSSR count). The number of aliphatic hydroxyl groups is 1. The molecule has 0 aromatic heterocycles. The minimum Gasteiger partial charge on any atom is -0.389 e. The normalized spacial score (nSPS) is 27.7. The molecular weight excluding hydrogens is 190 g/mol. The molecule has 15 heavy (non-hydrogen) atoms. The van der Waals surface area contributed by atoms with Crippen LogP contribution in [0.1, 0.15) is 40.0 Å². The highest BCUT2D eigenvalue weighted by atomic mass is 16.3. The van der Waals surface area contributed by atoms with Crippen molar-refractivity contribution in [3.05, 3.63) is 0 Å². The maximum absolute atomic E-state index is 11.5. The quantitative estimate of drug-likeness (QED) is 0.768. The van der Waals surface area contributed by atoms with Crippen molar-refractivity contribution in [1.29, 1.82) is 0 Å². The van der Waals surface area contributed by atoms with E-state index in [-0.39, 0.29) is 5.92 Å². The first-order chi connectivity index (χ1) is 6.98. The van der Waals surface area contributed by atoms with Crippen molar-refractivity contribution in [2.45, 2.75) is 45.6 Å². The van der Waals surface area contributed by atoms with E-state index in [4.69, 9.17) is 0 Å². The molecule has 1 N–H and O–H groups in total. The van der Waals surface area contributed by atoms with Crippen LogP contribution in [0.2, 0.25) is 0 Å². The van der Waals surface area contributed by atoms with Crippen LogP contribution in [-0.2, 0) is 4.79 Å². The summed E-state index contributed by atoms with van der Waals surface area (Å²) >= 11 is 0. The number of hydrogen-bond donors (Lipinski definition) is 1. The number of ketones is 1. The molecule has 0 saturated carbocycles.